The molecule has 0 unspecified atom stereocenters. The number of carbonyl (C=O) groups excluding carboxylic acids is 2. The van der Waals surface area contributed by atoms with Crippen LogP contribution in [0.1, 0.15) is 43.6 Å². The van der Waals surface area contributed by atoms with E-state index in [9.17, 15) is 14.7 Å². The van der Waals surface area contributed by atoms with E-state index in [-0.39, 0.29) is 25.4 Å². The standard InChI is InChI=1S/C27H32ClN5O4S/c1-16-12-33(13-17(2)37-16)23-7-5-6-21(30-23)22-14-38-26(31-22)32-24(35)11-29-25(36)18-8-9-20(28)19(10-18)27(3,4)15-34/h5-10,14,16-17,34H,11-13,15H2,1-4H3,(H,29,36)(H,31,32,35)/t16-,17+. The molecule has 3 aromatic rings. The minimum absolute atomic E-state index is 0.124. The molecule has 1 aromatic carbocycles. The van der Waals surface area contributed by atoms with E-state index in [2.05, 4.69) is 34.4 Å². The van der Waals surface area contributed by atoms with Crippen molar-refractivity contribution in [3.05, 3.63) is 57.9 Å². The van der Waals surface area contributed by atoms with Crippen molar-refractivity contribution in [1.82, 2.24) is 15.3 Å². The van der Waals surface area contributed by atoms with Gasteiger partial charge >= 0.3 is 0 Å². The number of ether oxygens (including phenoxy) is 1. The largest absolute Gasteiger partial charge is 0.395 e. The summed E-state index contributed by atoms with van der Waals surface area (Å²) in [6.07, 6.45) is 0.250. The Bertz CT molecular complexity index is 1300. The number of morpholine rings is 1. The third-order valence-corrected chi connectivity index (χ3v) is 7.34. The molecule has 11 heteroatoms. The predicted molar refractivity (Wildman–Crippen MR) is 150 cm³/mol. The summed E-state index contributed by atoms with van der Waals surface area (Å²) in [4.78, 5) is 36.6. The van der Waals surface area contributed by atoms with Crippen LogP contribution in [0.15, 0.2) is 41.8 Å². The number of hydrogen-bond donors (Lipinski definition) is 3. The summed E-state index contributed by atoms with van der Waals surface area (Å²) >= 11 is 7.55. The summed E-state index contributed by atoms with van der Waals surface area (Å²) in [7, 11) is 0. The normalized spacial score (nSPS) is 17.8. The number of hydrogen-bond acceptors (Lipinski definition) is 8. The van der Waals surface area contributed by atoms with Crippen LogP contribution in [0.3, 0.4) is 0 Å². The summed E-state index contributed by atoms with van der Waals surface area (Å²) in [6, 6.07) is 10.6. The summed E-state index contributed by atoms with van der Waals surface area (Å²) in [6.45, 7) is 8.95. The van der Waals surface area contributed by atoms with Crippen molar-refractivity contribution in [2.24, 2.45) is 0 Å². The number of benzene rings is 1. The van der Waals surface area contributed by atoms with Crippen LogP contribution in [-0.4, -0.2) is 65.3 Å². The van der Waals surface area contributed by atoms with Crippen LogP contribution in [0.25, 0.3) is 11.4 Å². The highest BCUT2D eigenvalue weighted by Gasteiger charge is 2.25. The average Bonchev–Trinajstić information content (AvgIpc) is 3.35. The van der Waals surface area contributed by atoms with Crippen LogP contribution in [0, 0.1) is 0 Å². The van der Waals surface area contributed by atoms with Crippen LogP contribution in [0.2, 0.25) is 5.02 Å². The van der Waals surface area contributed by atoms with Crippen LogP contribution < -0.4 is 15.5 Å². The van der Waals surface area contributed by atoms with Gasteiger partial charge in [0.25, 0.3) is 5.91 Å². The number of nitrogens with one attached hydrogen (secondary N) is 2. The Kier molecular flexibility index (Phi) is 8.67. The quantitative estimate of drug-likeness (QED) is 0.381. The Labute approximate surface area is 231 Å². The SMILES string of the molecule is C[C@@H]1CN(c2cccc(-c3csc(NC(=O)CNC(=O)c4ccc(Cl)c(C(C)(C)CO)c4)n3)n2)C[C@H](C)O1. The monoisotopic (exact) mass is 557 g/mol. The van der Waals surface area contributed by atoms with Gasteiger partial charge in [-0.05, 0) is 49.7 Å². The number of aliphatic hydroxyl groups excluding tert-OH is 1. The van der Waals surface area contributed by atoms with E-state index in [4.69, 9.17) is 21.3 Å². The lowest BCUT2D eigenvalue weighted by Gasteiger charge is -2.36. The maximum atomic E-state index is 12.6. The van der Waals surface area contributed by atoms with Crippen LogP contribution in [0.4, 0.5) is 10.9 Å². The summed E-state index contributed by atoms with van der Waals surface area (Å²) in [5.41, 5.74) is 1.77. The molecule has 3 N–H and O–H groups in total. The van der Waals surface area contributed by atoms with Gasteiger partial charge < -0.3 is 25.4 Å². The molecule has 1 saturated heterocycles. The van der Waals surface area contributed by atoms with Gasteiger partial charge in [-0.25, -0.2) is 9.97 Å². The molecule has 38 heavy (non-hydrogen) atoms. The molecular weight excluding hydrogens is 526 g/mol. The van der Waals surface area contributed by atoms with Gasteiger partial charge in [-0.2, -0.15) is 0 Å². The van der Waals surface area contributed by atoms with Gasteiger partial charge in [0.15, 0.2) is 5.13 Å². The molecule has 2 amide bonds. The number of anilines is 2. The lowest BCUT2D eigenvalue weighted by molar-refractivity contribution is -0.115. The Morgan fingerprint density at radius 1 is 1.16 bits per heavy atom. The van der Waals surface area contributed by atoms with Gasteiger partial charge in [0.1, 0.15) is 11.5 Å². The van der Waals surface area contributed by atoms with Crippen molar-refractivity contribution in [3.8, 4) is 11.4 Å². The van der Waals surface area contributed by atoms with Gasteiger partial charge in [0.05, 0.1) is 31.1 Å². The Morgan fingerprint density at radius 3 is 2.61 bits per heavy atom. The fourth-order valence-corrected chi connectivity index (χ4v) is 5.35. The minimum atomic E-state index is -0.610. The van der Waals surface area contributed by atoms with Gasteiger partial charge in [-0.1, -0.05) is 31.5 Å². The van der Waals surface area contributed by atoms with Crippen molar-refractivity contribution in [2.75, 3.05) is 36.5 Å². The molecule has 0 spiro atoms. The molecule has 3 heterocycles. The third kappa shape index (κ3) is 6.68. The molecule has 1 aliphatic rings. The molecule has 2 aromatic heterocycles. The molecular formula is C27H32ClN5O4S. The highest BCUT2D eigenvalue weighted by Crippen LogP contribution is 2.30. The molecule has 4 rings (SSSR count). The molecule has 0 aliphatic carbocycles. The number of halogens is 1. The molecule has 9 nitrogen and oxygen atoms in total. The first-order chi connectivity index (χ1) is 18.1. The van der Waals surface area contributed by atoms with Crippen LogP contribution in [-0.2, 0) is 14.9 Å². The van der Waals surface area contributed by atoms with Gasteiger partial charge in [-0.15, -0.1) is 11.3 Å². The Hall–Kier alpha value is -3.05. The summed E-state index contributed by atoms with van der Waals surface area (Å²) in [5, 5.41) is 17.7. The van der Waals surface area contributed by atoms with Crippen molar-refractivity contribution >= 4 is 45.7 Å². The highest BCUT2D eigenvalue weighted by molar-refractivity contribution is 7.14. The lowest BCUT2D eigenvalue weighted by Crippen LogP contribution is -2.45. The summed E-state index contributed by atoms with van der Waals surface area (Å²) < 4.78 is 5.82. The fourth-order valence-electron chi connectivity index (χ4n) is 4.25. The fraction of sp³-hybridized carbons (Fsp3) is 0.407. The number of carbonyl (C=O) groups is 2. The first-order valence-corrected chi connectivity index (χ1v) is 13.6. The third-order valence-electron chi connectivity index (χ3n) is 6.25. The maximum absolute atomic E-state index is 12.6. The van der Waals surface area contributed by atoms with E-state index in [1.165, 1.54) is 11.3 Å². The first kappa shape index (κ1) is 28.0. The number of rotatable bonds is 8. The minimum Gasteiger partial charge on any atom is -0.395 e. The number of thiazole rings is 1. The Balaban J connectivity index is 1.36. The van der Waals surface area contributed by atoms with E-state index in [0.29, 0.717) is 32.7 Å². The maximum Gasteiger partial charge on any atom is 0.251 e. The smallest absolute Gasteiger partial charge is 0.251 e. The molecule has 0 radical (unpaired) electrons. The number of nitrogens with zero attached hydrogens (tertiary/aromatic N) is 3. The molecule has 2 atom stereocenters. The number of aliphatic hydroxyl groups is 1. The van der Waals surface area contributed by atoms with E-state index in [1.807, 2.05) is 37.4 Å². The van der Waals surface area contributed by atoms with Crippen LogP contribution >= 0.6 is 22.9 Å². The summed E-state index contributed by atoms with van der Waals surface area (Å²) in [5.74, 6) is 0.0417. The predicted octanol–water partition coefficient (Wildman–Crippen LogP) is 4.11. The van der Waals surface area contributed by atoms with Crippen molar-refractivity contribution < 1.29 is 19.4 Å². The van der Waals surface area contributed by atoms with E-state index < -0.39 is 17.2 Å². The van der Waals surface area contributed by atoms with Gasteiger partial charge in [0.2, 0.25) is 5.91 Å². The van der Waals surface area contributed by atoms with E-state index >= 15 is 0 Å². The van der Waals surface area contributed by atoms with Crippen molar-refractivity contribution in [1.29, 1.82) is 0 Å². The second kappa shape index (κ2) is 11.8. The zero-order valence-corrected chi connectivity index (χ0v) is 23.4. The molecule has 1 aliphatic heterocycles. The molecule has 1 fully saturated rings. The molecule has 0 bridgehead atoms. The molecule has 202 valence electrons. The van der Waals surface area contributed by atoms with E-state index in [0.717, 1.165) is 18.9 Å². The molecule has 0 saturated carbocycles. The second-order valence-electron chi connectivity index (χ2n) is 10.0. The van der Waals surface area contributed by atoms with Crippen LogP contribution in [0.5, 0.6) is 0 Å². The first-order valence-electron chi connectivity index (χ1n) is 12.4. The second-order valence-corrected chi connectivity index (χ2v) is 11.3. The zero-order valence-electron chi connectivity index (χ0n) is 21.8. The van der Waals surface area contributed by atoms with Gasteiger partial charge in [0, 0.05) is 34.5 Å². The zero-order chi connectivity index (χ0) is 27.4. The Morgan fingerprint density at radius 2 is 1.89 bits per heavy atom. The number of pyridine rings is 1. The highest BCUT2D eigenvalue weighted by atomic mass is 35.5. The van der Waals surface area contributed by atoms with Crippen molar-refractivity contribution in [3.63, 3.8) is 0 Å². The number of aromatic nitrogens is 2. The average molecular weight is 558 g/mol. The number of amides is 2. The lowest BCUT2D eigenvalue weighted by atomic mass is 9.84. The van der Waals surface area contributed by atoms with E-state index in [1.54, 1.807) is 18.2 Å². The van der Waals surface area contributed by atoms with Crippen molar-refractivity contribution in [2.45, 2.75) is 45.3 Å². The topological polar surface area (TPSA) is 117 Å². The van der Waals surface area contributed by atoms with Gasteiger partial charge in [-0.3, -0.25) is 9.59 Å².